The Labute approximate surface area is 159 Å². The van der Waals surface area contributed by atoms with Gasteiger partial charge >= 0.3 is 0 Å². The van der Waals surface area contributed by atoms with Crippen LogP contribution in [0.25, 0.3) is 10.9 Å². The van der Waals surface area contributed by atoms with Gasteiger partial charge in [0.05, 0.1) is 7.11 Å². The predicted octanol–water partition coefficient (Wildman–Crippen LogP) is 3.47. The topological polar surface area (TPSA) is 56.1 Å². The lowest BCUT2D eigenvalue weighted by Crippen LogP contribution is -2.35. The van der Waals surface area contributed by atoms with E-state index in [0.717, 1.165) is 54.2 Å². The maximum absolute atomic E-state index is 5.55. The third-order valence-electron chi connectivity index (χ3n) is 5.89. The summed E-state index contributed by atoms with van der Waals surface area (Å²) in [6.45, 7) is 5.17. The SMILES string of the molecule is COc1cccc2c(N3CCCC(c4nnc5n4CCC5)C3)cc(C)nc12. The summed E-state index contributed by atoms with van der Waals surface area (Å²) in [5, 5.41) is 10.1. The van der Waals surface area contributed by atoms with Crippen molar-refractivity contribution in [3.8, 4) is 5.75 Å². The number of ether oxygens (including phenoxy) is 1. The second-order valence-electron chi connectivity index (χ2n) is 7.65. The zero-order valence-corrected chi connectivity index (χ0v) is 16.0. The van der Waals surface area contributed by atoms with Crippen LogP contribution in [0.2, 0.25) is 0 Å². The van der Waals surface area contributed by atoms with Gasteiger partial charge in [0.25, 0.3) is 0 Å². The number of nitrogens with zero attached hydrogens (tertiary/aromatic N) is 5. The van der Waals surface area contributed by atoms with Gasteiger partial charge in [-0.15, -0.1) is 10.2 Å². The number of hydrogen-bond donors (Lipinski definition) is 0. The van der Waals surface area contributed by atoms with Crippen molar-refractivity contribution in [3.63, 3.8) is 0 Å². The number of aryl methyl sites for hydroxylation is 2. The summed E-state index contributed by atoms with van der Waals surface area (Å²) in [5.41, 5.74) is 3.22. The third-order valence-corrected chi connectivity index (χ3v) is 5.89. The van der Waals surface area contributed by atoms with Crippen molar-refractivity contribution in [2.75, 3.05) is 25.1 Å². The highest BCUT2D eigenvalue weighted by molar-refractivity contribution is 5.95. The first kappa shape index (κ1) is 16.5. The molecule has 1 unspecified atom stereocenters. The average Bonchev–Trinajstić information content (AvgIpc) is 3.30. The van der Waals surface area contributed by atoms with Crippen molar-refractivity contribution in [1.29, 1.82) is 0 Å². The number of rotatable bonds is 3. The van der Waals surface area contributed by atoms with E-state index in [4.69, 9.17) is 9.72 Å². The van der Waals surface area contributed by atoms with Crippen LogP contribution in [0.3, 0.4) is 0 Å². The van der Waals surface area contributed by atoms with E-state index in [1.807, 2.05) is 6.07 Å². The normalized spacial score (nSPS) is 19.5. The van der Waals surface area contributed by atoms with Crippen LogP contribution in [0, 0.1) is 6.92 Å². The van der Waals surface area contributed by atoms with E-state index >= 15 is 0 Å². The van der Waals surface area contributed by atoms with Crippen molar-refractivity contribution in [1.82, 2.24) is 19.7 Å². The quantitative estimate of drug-likeness (QED) is 0.713. The van der Waals surface area contributed by atoms with Crippen molar-refractivity contribution >= 4 is 16.6 Å². The van der Waals surface area contributed by atoms with Crippen molar-refractivity contribution in [3.05, 3.63) is 41.6 Å². The van der Waals surface area contributed by atoms with Gasteiger partial charge in [-0.2, -0.15) is 0 Å². The zero-order chi connectivity index (χ0) is 18.4. The number of methoxy groups -OCH3 is 1. The first-order valence-electron chi connectivity index (χ1n) is 9.86. The molecule has 1 saturated heterocycles. The molecule has 27 heavy (non-hydrogen) atoms. The Kier molecular flexibility index (Phi) is 3.99. The van der Waals surface area contributed by atoms with Gasteiger partial charge in [-0.05, 0) is 38.3 Å². The Morgan fingerprint density at radius 3 is 2.96 bits per heavy atom. The number of aromatic nitrogens is 4. The highest BCUT2D eigenvalue weighted by Gasteiger charge is 2.29. The van der Waals surface area contributed by atoms with Crippen molar-refractivity contribution < 1.29 is 4.74 Å². The number of piperidine rings is 1. The fourth-order valence-corrected chi connectivity index (χ4v) is 4.64. The van der Waals surface area contributed by atoms with E-state index < -0.39 is 0 Å². The monoisotopic (exact) mass is 363 g/mol. The molecule has 0 amide bonds. The largest absolute Gasteiger partial charge is 0.494 e. The van der Waals surface area contributed by atoms with Gasteiger partial charge in [-0.3, -0.25) is 0 Å². The van der Waals surface area contributed by atoms with Crippen LogP contribution in [0.15, 0.2) is 24.3 Å². The van der Waals surface area contributed by atoms with Crippen LogP contribution in [-0.4, -0.2) is 39.9 Å². The third kappa shape index (κ3) is 2.74. The molecule has 2 aromatic heterocycles. The molecule has 0 aliphatic carbocycles. The molecule has 140 valence electrons. The molecule has 6 nitrogen and oxygen atoms in total. The Morgan fingerprint density at radius 2 is 2.07 bits per heavy atom. The summed E-state index contributed by atoms with van der Waals surface area (Å²) in [6, 6.07) is 8.39. The zero-order valence-electron chi connectivity index (χ0n) is 16.0. The Bertz CT molecular complexity index is 996. The maximum Gasteiger partial charge on any atom is 0.145 e. The first-order valence-corrected chi connectivity index (χ1v) is 9.86. The Balaban J connectivity index is 1.53. The van der Waals surface area contributed by atoms with Gasteiger partial charge in [0.15, 0.2) is 0 Å². The number of para-hydroxylation sites is 1. The van der Waals surface area contributed by atoms with E-state index in [2.05, 4.69) is 44.8 Å². The van der Waals surface area contributed by atoms with Crippen LogP contribution in [0.4, 0.5) is 5.69 Å². The Hall–Kier alpha value is -2.63. The smallest absolute Gasteiger partial charge is 0.145 e. The molecule has 4 heterocycles. The number of pyridine rings is 1. The molecule has 3 aromatic rings. The predicted molar refractivity (Wildman–Crippen MR) is 106 cm³/mol. The molecule has 0 spiro atoms. The maximum atomic E-state index is 5.55. The van der Waals surface area contributed by atoms with Crippen molar-refractivity contribution in [2.24, 2.45) is 0 Å². The van der Waals surface area contributed by atoms with E-state index in [1.54, 1.807) is 7.11 Å². The molecule has 0 radical (unpaired) electrons. The molecular weight excluding hydrogens is 338 g/mol. The molecule has 6 heteroatoms. The average molecular weight is 363 g/mol. The van der Waals surface area contributed by atoms with Crippen molar-refractivity contribution in [2.45, 2.75) is 45.1 Å². The number of fused-ring (bicyclic) bond motifs is 2. The minimum Gasteiger partial charge on any atom is -0.494 e. The van der Waals surface area contributed by atoms with Crippen LogP contribution in [0.1, 0.15) is 42.5 Å². The molecule has 5 rings (SSSR count). The van der Waals surface area contributed by atoms with Gasteiger partial charge in [0.2, 0.25) is 0 Å². The van der Waals surface area contributed by atoms with Crippen LogP contribution < -0.4 is 9.64 Å². The number of anilines is 1. The summed E-state index contributed by atoms with van der Waals surface area (Å²) in [4.78, 5) is 7.24. The van der Waals surface area contributed by atoms with E-state index in [0.29, 0.717) is 5.92 Å². The Morgan fingerprint density at radius 1 is 1.15 bits per heavy atom. The number of hydrogen-bond acceptors (Lipinski definition) is 5. The van der Waals surface area contributed by atoms with Crippen LogP contribution in [0.5, 0.6) is 5.75 Å². The molecule has 2 aliphatic rings. The van der Waals surface area contributed by atoms with Gasteiger partial charge in [-0.1, -0.05) is 12.1 Å². The number of benzene rings is 1. The second-order valence-corrected chi connectivity index (χ2v) is 7.65. The van der Waals surface area contributed by atoms with E-state index in [9.17, 15) is 0 Å². The highest BCUT2D eigenvalue weighted by atomic mass is 16.5. The van der Waals surface area contributed by atoms with Gasteiger partial charge in [0, 0.05) is 48.7 Å². The molecule has 1 fully saturated rings. The minimum absolute atomic E-state index is 0.437. The summed E-state index contributed by atoms with van der Waals surface area (Å²) in [7, 11) is 1.71. The molecule has 0 N–H and O–H groups in total. The van der Waals surface area contributed by atoms with E-state index in [-0.39, 0.29) is 0 Å². The van der Waals surface area contributed by atoms with Gasteiger partial charge < -0.3 is 14.2 Å². The molecule has 2 aliphatic heterocycles. The molecular formula is C21H25N5O. The van der Waals surface area contributed by atoms with E-state index in [1.165, 1.54) is 30.8 Å². The molecule has 1 aromatic carbocycles. The lowest BCUT2D eigenvalue weighted by Gasteiger charge is -2.35. The van der Waals surface area contributed by atoms with Crippen LogP contribution in [-0.2, 0) is 13.0 Å². The minimum atomic E-state index is 0.437. The van der Waals surface area contributed by atoms with Gasteiger partial charge in [-0.25, -0.2) is 4.98 Å². The summed E-state index contributed by atoms with van der Waals surface area (Å²) >= 11 is 0. The highest BCUT2D eigenvalue weighted by Crippen LogP contribution is 2.36. The summed E-state index contributed by atoms with van der Waals surface area (Å²) in [5.74, 6) is 3.62. The first-order chi connectivity index (χ1) is 13.2. The second kappa shape index (κ2) is 6.51. The lowest BCUT2D eigenvalue weighted by molar-refractivity contribution is 0.419. The molecule has 0 bridgehead atoms. The molecule has 0 saturated carbocycles. The molecule has 1 atom stereocenters. The fraction of sp³-hybridized carbons (Fsp3) is 0.476. The van der Waals surface area contributed by atoms with Gasteiger partial charge in [0.1, 0.15) is 22.9 Å². The fourth-order valence-electron chi connectivity index (χ4n) is 4.64. The summed E-state index contributed by atoms with van der Waals surface area (Å²) < 4.78 is 7.91. The summed E-state index contributed by atoms with van der Waals surface area (Å²) in [6.07, 6.45) is 4.61. The standard InChI is InChI=1S/C21H25N5O/c1-14-12-17(16-7-3-8-18(27-2)20(16)22-14)25-10-4-6-15(13-25)21-24-23-19-9-5-11-26(19)21/h3,7-8,12,15H,4-6,9-11,13H2,1-2H3. The lowest BCUT2D eigenvalue weighted by atomic mass is 9.96. The van der Waals surface area contributed by atoms with Crippen LogP contribution >= 0.6 is 0 Å².